The highest BCUT2D eigenvalue weighted by Crippen LogP contribution is 2.25. The molecule has 0 fully saturated rings. The lowest BCUT2D eigenvalue weighted by Gasteiger charge is -2.09. The van der Waals surface area contributed by atoms with Crippen LogP contribution in [-0.2, 0) is 6.54 Å². The summed E-state index contributed by atoms with van der Waals surface area (Å²) in [6.45, 7) is 0.875. The van der Waals surface area contributed by atoms with Gasteiger partial charge in [-0.15, -0.1) is 5.10 Å². The maximum absolute atomic E-state index is 6.14. The molecule has 4 aromatic heterocycles. The van der Waals surface area contributed by atoms with Gasteiger partial charge >= 0.3 is 0 Å². The first-order chi connectivity index (χ1) is 16.7. The second-order valence-corrected chi connectivity index (χ2v) is 7.46. The summed E-state index contributed by atoms with van der Waals surface area (Å²) in [6, 6.07) is 20.7. The number of furan rings is 1. The maximum Gasteiger partial charge on any atom is 0.225 e. The molecule has 6 aromatic rings. The van der Waals surface area contributed by atoms with E-state index in [9.17, 15) is 0 Å². The van der Waals surface area contributed by atoms with Crippen LogP contribution in [0.3, 0.4) is 0 Å². The van der Waals surface area contributed by atoms with Crippen molar-refractivity contribution in [3.63, 3.8) is 0 Å². The number of nitrogens with zero attached hydrogens (tertiary/aromatic N) is 6. The Labute approximate surface area is 193 Å². The van der Waals surface area contributed by atoms with Crippen molar-refractivity contribution in [3.8, 4) is 28.8 Å². The molecule has 0 saturated carbocycles. The summed E-state index contributed by atoms with van der Waals surface area (Å²) in [7, 11) is 0. The van der Waals surface area contributed by atoms with Crippen LogP contribution in [0.2, 0.25) is 0 Å². The predicted molar refractivity (Wildman–Crippen MR) is 125 cm³/mol. The predicted octanol–water partition coefficient (Wildman–Crippen LogP) is 4.19. The Morgan fingerprint density at radius 3 is 2.44 bits per heavy atom. The molecule has 0 aliphatic carbocycles. The largest absolute Gasteiger partial charge is 0.492 e. The Hall–Kier alpha value is -4.86. The number of fused-ring (bicyclic) bond motifs is 3. The Kier molecular flexibility index (Phi) is 4.80. The highest BCUT2D eigenvalue weighted by molar-refractivity contribution is 5.90. The number of rotatable bonds is 7. The topological polar surface area (TPSA) is 119 Å². The quantitative estimate of drug-likeness (QED) is 0.382. The zero-order chi connectivity index (χ0) is 22.9. The van der Waals surface area contributed by atoms with Gasteiger partial charge in [0.15, 0.2) is 17.1 Å². The SMILES string of the molecule is Nc1nc2c(cnn2CCOc2ccc(Oc3ccccc3)cc2)c2nc(-c3ccco3)nn12. The molecule has 2 N–H and O–H groups in total. The van der Waals surface area contributed by atoms with Crippen molar-refractivity contribution in [2.75, 3.05) is 12.3 Å². The Bertz CT molecular complexity index is 1560. The summed E-state index contributed by atoms with van der Waals surface area (Å²) >= 11 is 0. The molecule has 6 rings (SSSR count). The van der Waals surface area contributed by atoms with E-state index in [1.807, 2.05) is 54.6 Å². The molecule has 0 saturated heterocycles. The van der Waals surface area contributed by atoms with Gasteiger partial charge in [-0.1, -0.05) is 18.2 Å². The monoisotopic (exact) mass is 453 g/mol. The molecule has 34 heavy (non-hydrogen) atoms. The zero-order valence-corrected chi connectivity index (χ0v) is 17.9. The summed E-state index contributed by atoms with van der Waals surface area (Å²) in [6.07, 6.45) is 3.27. The van der Waals surface area contributed by atoms with Gasteiger partial charge in [-0.25, -0.2) is 9.67 Å². The first-order valence-electron chi connectivity index (χ1n) is 10.6. The first kappa shape index (κ1) is 19.8. The number of nitrogens with two attached hydrogens (primary N) is 1. The molecular weight excluding hydrogens is 434 g/mol. The van der Waals surface area contributed by atoms with Crippen molar-refractivity contribution >= 4 is 22.6 Å². The van der Waals surface area contributed by atoms with Crippen LogP contribution in [0.4, 0.5) is 5.95 Å². The summed E-state index contributed by atoms with van der Waals surface area (Å²) in [5.41, 5.74) is 7.32. The van der Waals surface area contributed by atoms with Crippen molar-refractivity contribution in [1.29, 1.82) is 0 Å². The molecule has 10 nitrogen and oxygen atoms in total. The molecule has 0 bridgehead atoms. The fourth-order valence-corrected chi connectivity index (χ4v) is 3.61. The van der Waals surface area contributed by atoms with Crippen molar-refractivity contribution in [3.05, 3.63) is 79.2 Å². The van der Waals surface area contributed by atoms with Gasteiger partial charge in [0.25, 0.3) is 0 Å². The summed E-state index contributed by atoms with van der Waals surface area (Å²) in [5.74, 6) is 3.45. The Morgan fingerprint density at radius 2 is 1.65 bits per heavy atom. The number of hydrogen-bond donors (Lipinski definition) is 1. The van der Waals surface area contributed by atoms with Gasteiger partial charge in [-0.2, -0.15) is 14.6 Å². The summed E-state index contributed by atoms with van der Waals surface area (Å²) < 4.78 is 20.3. The number of aromatic nitrogens is 6. The molecule has 0 atom stereocenters. The van der Waals surface area contributed by atoms with Crippen molar-refractivity contribution in [1.82, 2.24) is 29.4 Å². The van der Waals surface area contributed by atoms with Gasteiger partial charge < -0.3 is 19.6 Å². The smallest absolute Gasteiger partial charge is 0.225 e. The number of anilines is 1. The Morgan fingerprint density at radius 1 is 0.853 bits per heavy atom. The lowest BCUT2D eigenvalue weighted by Crippen LogP contribution is -2.11. The van der Waals surface area contributed by atoms with Gasteiger partial charge in [0.05, 0.1) is 24.4 Å². The van der Waals surface area contributed by atoms with Crippen LogP contribution < -0.4 is 15.2 Å². The van der Waals surface area contributed by atoms with Crippen LogP contribution in [0.25, 0.3) is 28.3 Å². The minimum absolute atomic E-state index is 0.212. The second-order valence-electron chi connectivity index (χ2n) is 7.46. The number of benzene rings is 2. The number of ether oxygens (including phenoxy) is 2. The molecule has 2 aromatic carbocycles. The lowest BCUT2D eigenvalue weighted by molar-refractivity contribution is 0.293. The van der Waals surface area contributed by atoms with E-state index in [-0.39, 0.29) is 5.95 Å². The van der Waals surface area contributed by atoms with Gasteiger partial charge in [0, 0.05) is 0 Å². The normalized spacial score (nSPS) is 11.3. The van der Waals surface area contributed by atoms with Crippen LogP contribution in [0.1, 0.15) is 0 Å². The molecule has 168 valence electrons. The molecule has 0 unspecified atom stereocenters. The number of nitrogen functional groups attached to an aromatic ring is 1. The molecule has 0 amide bonds. The van der Waals surface area contributed by atoms with E-state index in [1.165, 1.54) is 4.52 Å². The van der Waals surface area contributed by atoms with E-state index in [1.54, 1.807) is 29.3 Å². The number of para-hydroxylation sites is 1. The van der Waals surface area contributed by atoms with Crippen LogP contribution in [0.15, 0.2) is 83.6 Å². The van der Waals surface area contributed by atoms with Gasteiger partial charge in [0.1, 0.15) is 23.9 Å². The van der Waals surface area contributed by atoms with Crippen LogP contribution in [0.5, 0.6) is 17.2 Å². The third-order valence-electron chi connectivity index (χ3n) is 5.21. The third-order valence-corrected chi connectivity index (χ3v) is 5.21. The maximum atomic E-state index is 6.14. The van der Waals surface area contributed by atoms with Crippen LogP contribution >= 0.6 is 0 Å². The van der Waals surface area contributed by atoms with Gasteiger partial charge in [-0.05, 0) is 48.5 Å². The van der Waals surface area contributed by atoms with E-state index >= 15 is 0 Å². The number of hydrogen-bond acceptors (Lipinski definition) is 8. The lowest BCUT2D eigenvalue weighted by atomic mass is 10.3. The van der Waals surface area contributed by atoms with Crippen molar-refractivity contribution < 1.29 is 13.9 Å². The molecule has 10 heteroatoms. The molecule has 0 aliphatic rings. The van der Waals surface area contributed by atoms with Gasteiger partial charge in [-0.3, -0.25) is 0 Å². The molecule has 0 radical (unpaired) electrons. The van der Waals surface area contributed by atoms with E-state index in [0.717, 1.165) is 22.6 Å². The van der Waals surface area contributed by atoms with Gasteiger partial charge in [0.2, 0.25) is 11.8 Å². The fraction of sp³-hybridized carbons (Fsp3) is 0.0833. The van der Waals surface area contributed by atoms with Crippen LogP contribution in [-0.4, -0.2) is 36.0 Å². The minimum atomic E-state index is 0.212. The van der Waals surface area contributed by atoms with Crippen molar-refractivity contribution in [2.45, 2.75) is 6.54 Å². The highest BCUT2D eigenvalue weighted by Gasteiger charge is 2.17. The third kappa shape index (κ3) is 3.66. The molecule has 4 heterocycles. The van der Waals surface area contributed by atoms with E-state index < -0.39 is 0 Å². The zero-order valence-electron chi connectivity index (χ0n) is 17.9. The van der Waals surface area contributed by atoms with E-state index in [4.69, 9.17) is 19.6 Å². The molecular formula is C24H19N7O3. The summed E-state index contributed by atoms with van der Waals surface area (Å²) in [4.78, 5) is 9.04. The average Bonchev–Trinajstić information content (AvgIpc) is 3.61. The second kappa shape index (κ2) is 8.24. The fourth-order valence-electron chi connectivity index (χ4n) is 3.61. The first-order valence-corrected chi connectivity index (χ1v) is 10.6. The van der Waals surface area contributed by atoms with Crippen molar-refractivity contribution in [2.24, 2.45) is 0 Å². The van der Waals surface area contributed by atoms with E-state index in [0.29, 0.717) is 36.0 Å². The molecule has 0 spiro atoms. The Balaban J connectivity index is 1.16. The highest BCUT2D eigenvalue weighted by atomic mass is 16.5. The summed E-state index contributed by atoms with van der Waals surface area (Å²) in [5, 5.41) is 9.58. The standard InChI is InChI=1S/C24H19N7O3/c25-24-28-22-19(23-27-21(29-31(23)24)20-7-4-13-33-20)15-26-30(22)12-14-32-16-8-10-18(11-9-16)34-17-5-2-1-3-6-17/h1-11,13,15H,12,14H2,(H2,25,28). The molecule has 0 aliphatic heterocycles. The van der Waals surface area contributed by atoms with E-state index in [2.05, 4.69) is 20.2 Å². The van der Waals surface area contributed by atoms with Crippen LogP contribution in [0, 0.1) is 0 Å². The minimum Gasteiger partial charge on any atom is -0.492 e. The average molecular weight is 453 g/mol.